The van der Waals surface area contributed by atoms with Crippen molar-refractivity contribution in [3.05, 3.63) is 36.0 Å². The number of hydrogen-bond donors (Lipinski definition) is 1. The maximum atomic E-state index is 9.01. The minimum Gasteiger partial charge on any atom is -0.347 e. The molecule has 106 valence electrons. The highest BCUT2D eigenvalue weighted by Crippen LogP contribution is 2.23. The maximum absolute atomic E-state index is 9.01. The molecule has 0 fully saturated rings. The predicted octanol–water partition coefficient (Wildman–Crippen LogP) is 3.82. The van der Waals surface area contributed by atoms with Crippen molar-refractivity contribution in [2.24, 2.45) is 11.1 Å². The molecular formula is C17H23N3. The summed E-state index contributed by atoms with van der Waals surface area (Å²) in [6, 6.07) is 10.8. The van der Waals surface area contributed by atoms with Crippen LogP contribution in [0.4, 0.5) is 0 Å². The van der Waals surface area contributed by atoms with Crippen molar-refractivity contribution in [3.63, 3.8) is 0 Å². The monoisotopic (exact) mass is 269 g/mol. The lowest BCUT2D eigenvalue weighted by molar-refractivity contribution is 0.418. The smallest absolute Gasteiger partial charge is 0.0683 e. The van der Waals surface area contributed by atoms with Crippen molar-refractivity contribution in [3.8, 4) is 6.07 Å². The van der Waals surface area contributed by atoms with Gasteiger partial charge in [-0.05, 0) is 44.4 Å². The molecule has 0 aliphatic carbocycles. The number of nitriles is 1. The van der Waals surface area contributed by atoms with E-state index in [2.05, 4.69) is 41.1 Å². The van der Waals surface area contributed by atoms with E-state index in [0.717, 1.165) is 25.8 Å². The zero-order valence-corrected chi connectivity index (χ0v) is 12.4. The molecule has 0 radical (unpaired) electrons. The molecule has 0 aliphatic rings. The predicted molar refractivity (Wildman–Crippen MR) is 83.1 cm³/mol. The summed E-state index contributed by atoms with van der Waals surface area (Å²) in [5, 5.41) is 10.3. The lowest BCUT2D eigenvalue weighted by Crippen LogP contribution is -2.08. The number of aromatic nitrogens is 1. The number of fused-ring (bicyclic) bond motifs is 1. The molecule has 2 rings (SSSR count). The topological polar surface area (TPSA) is 54.7 Å². The van der Waals surface area contributed by atoms with E-state index in [1.54, 1.807) is 0 Å². The molecule has 20 heavy (non-hydrogen) atoms. The Balaban J connectivity index is 2.00. The van der Waals surface area contributed by atoms with E-state index < -0.39 is 0 Å². The van der Waals surface area contributed by atoms with Crippen molar-refractivity contribution in [2.45, 2.75) is 46.2 Å². The average Bonchev–Trinajstić information content (AvgIpc) is 2.87. The van der Waals surface area contributed by atoms with Gasteiger partial charge in [-0.2, -0.15) is 5.26 Å². The normalized spacial score (nSPS) is 11.7. The van der Waals surface area contributed by atoms with Gasteiger partial charge >= 0.3 is 0 Å². The Morgan fingerprint density at radius 3 is 2.75 bits per heavy atom. The van der Waals surface area contributed by atoms with Gasteiger partial charge in [-0.3, -0.25) is 0 Å². The summed E-state index contributed by atoms with van der Waals surface area (Å²) in [6.45, 7) is 5.59. The van der Waals surface area contributed by atoms with E-state index in [0.29, 0.717) is 6.54 Å². The van der Waals surface area contributed by atoms with E-state index in [9.17, 15) is 0 Å². The molecule has 0 saturated carbocycles. The molecule has 2 N–H and O–H groups in total. The summed E-state index contributed by atoms with van der Waals surface area (Å²) in [4.78, 5) is 0. The summed E-state index contributed by atoms with van der Waals surface area (Å²) in [5.41, 5.74) is 8.02. The molecule has 2 aromatic rings. The molecule has 0 bridgehead atoms. The van der Waals surface area contributed by atoms with E-state index in [1.807, 2.05) is 13.8 Å². The van der Waals surface area contributed by atoms with Crippen LogP contribution in [0.25, 0.3) is 10.9 Å². The minimum absolute atomic E-state index is 0.203. The molecule has 0 unspecified atom stereocenters. The number of nitrogens with zero attached hydrogens (tertiary/aromatic N) is 2. The molecule has 0 aliphatic heterocycles. The van der Waals surface area contributed by atoms with E-state index in [1.165, 1.54) is 16.5 Å². The van der Waals surface area contributed by atoms with Crippen molar-refractivity contribution in [1.29, 1.82) is 5.26 Å². The van der Waals surface area contributed by atoms with Crippen LogP contribution in [0.15, 0.2) is 30.5 Å². The van der Waals surface area contributed by atoms with Crippen molar-refractivity contribution >= 4 is 10.9 Å². The van der Waals surface area contributed by atoms with Crippen LogP contribution in [0.3, 0.4) is 0 Å². The molecule has 1 aromatic heterocycles. The quantitative estimate of drug-likeness (QED) is 0.810. The fourth-order valence-corrected chi connectivity index (χ4v) is 2.57. The van der Waals surface area contributed by atoms with Crippen LogP contribution in [-0.4, -0.2) is 4.57 Å². The highest BCUT2D eigenvalue weighted by molar-refractivity contribution is 5.83. The number of unbranched alkanes of at least 4 members (excludes halogenated alkanes) is 1. The van der Waals surface area contributed by atoms with Gasteiger partial charge in [0.2, 0.25) is 0 Å². The van der Waals surface area contributed by atoms with Crippen LogP contribution in [0, 0.1) is 16.7 Å². The van der Waals surface area contributed by atoms with Gasteiger partial charge in [0.1, 0.15) is 0 Å². The first kappa shape index (κ1) is 14.6. The SMILES string of the molecule is CC(C)(C#N)CCCCn1ccc2c(CN)cccc21. The van der Waals surface area contributed by atoms with Gasteiger partial charge < -0.3 is 10.3 Å². The highest BCUT2D eigenvalue weighted by Gasteiger charge is 2.15. The van der Waals surface area contributed by atoms with Crippen LogP contribution in [0.2, 0.25) is 0 Å². The van der Waals surface area contributed by atoms with Crippen LogP contribution >= 0.6 is 0 Å². The third kappa shape index (κ3) is 3.20. The standard InChI is InChI=1S/C17H23N3/c1-17(2,13-19)9-3-4-10-20-11-8-15-14(12-18)6-5-7-16(15)20/h5-8,11H,3-4,9-10,12,18H2,1-2H3. The molecule has 3 heteroatoms. The fourth-order valence-electron chi connectivity index (χ4n) is 2.57. The fraction of sp³-hybridized carbons (Fsp3) is 0.471. The van der Waals surface area contributed by atoms with Crippen molar-refractivity contribution in [2.75, 3.05) is 0 Å². The molecule has 1 aromatic carbocycles. The number of benzene rings is 1. The van der Waals surface area contributed by atoms with E-state index >= 15 is 0 Å². The van der Waals surface area contributed by atoms with Gasteiger partial charge in [-0.25, -0.2) is 0 Å². The van der Waals surface area contributed by atoms with Gasteiger partial charge in [-0.1, -0.05) is 18.6 Å². The zero-order valence-electron chi connectivity index (χ0n) is 12.4. The molecule has 0 spiro atoms. The second-order valence-electron chi connectivity index (χ2n) is 6.02. The Labute approximate surface area is 121 Å². The molecule has 3 nitrogen and oxygen atoms in total. The lowest BCUT2D eigenvalue weighted by atomic mass is 9.89. The minimum atomic E-state index is -0.203. The highest BCUT2D eigenvalue weighted by atomic mass is 14.9. The molecular weight excluding hydrogens is 246 g/mol. The van der Waals surface area contributed by atoms with Gasteiger partial charge in [-0.15, -0.1) is 0 Å². The molecule has 0 saturated heterocycles. The second kappa shape index (κ2) is 6.11. The van der Waals surface area contributed by atoms with E-state index in [4.69, 9.17) is 11.0 Å². The third-order valence-corrected chi connectivity index (χ3v) is 3.88. The van der Waals surface area contributed by atoms with Gasteiger partial charge in [0.25, 0.3) is 0 Å². The van der Waals surface area contributed by atoms with E-state index in [-0.39, 0.29) is 5.41 Å². The number of aryl methyl sites for hydroxylation is 1. The molecule has 1 heterocycles. The first-order valence-electron chi connectivity index (χ1n) is 7.25. The van der Waals surface area contributed by atoms with Gasteiger partial charge in [0.05, 0.1) is 11.5 Å². The Morgan fingerprint density at radius 2 is 2.05 bits per heavy atom. The number of rotatable bonds is 6. The first-order valence-corrected chi connectivity index (χ1v) is 7.25. The number of hydrogen-bond acceptors (Lipinski definition) is 2. The van der Waals surface area contributed by atoms with Crippen LogP contribution in [0.5, 0.6) is 0 Å². The first-order chi connectivity index (χ1) is 9.57. The van der Waals surface area contributed by atoms with Gasteiger partial charge in [0, 0.05) is 30.2 Å². The summed E-state index contributed by atoms with van der Waals surface area (Å²) < 4.78 is 2.29. The van der Waals surface area contributed by atoms with Crippen LogP contribution in [0.1, 0.15) is 38.7 Å². The largest absolute Gasteiger partial charge is 0.347 e. The van der Waals surface area contributed by atoms with Crippen LogP contribution in [-0.2, 0) is 13.1 Å². The van der Waals surface area contributed by atoms with Crippen molar-refractivity contribution < 1.29 is 0 Å². The van der Waals surface area contributed by atoms with Crippen LogP contribution < -0.4 is 5.73 Å². The van der Waals surface area contributed by atoms with Crippen molar-refractivity contribution in [1.82, 2.24) is 4.57 Å². The summed E-state index contributed by atoms with van der Waals surface area (Å²) >= 11 is 0. The summed E-state index contributed by atoms with van der Waals surface area (Å²) in [6.07, 6.45) is 5.27. The zero-order chi connectivity index (χ0) is 14.6. The molecule has 0 amide bonds. The number of nitrogens with two attached hydrogens (primary N) is 1. The third-order valence-electron chi connectivity index (χ3n) is 3.88. The Morgan fingerprint density at radius 1 is 1.25 bits per heavy atom. The Kier molecular flexibility index (Phi) is 4.46. The second-order valence-corrected chi connectivity index (χ2v) is 6.02. The van der Waals surface area contributed by atoms with Gasteiger partial charge in [0.15, 0.2) is 0 Å². The molecule has 0 atom stereocenters. The maximum Gasteiger partial charge on any atom is 0.0683 e. The average molecular weight is 269 g/mol. The lowest BCUT2D eigenvalue weighted by Gasteiger charge is -2.14. The Bertz CT molecular complexity index is 617. The summed E-state index contributed by atoms with van der Waals surface area (Å²) in [5.74, 6) is 0. The Hall–Kier alpha value is -1.79. The summed E-state index contributed by atoms with van der Waals surface area (Å²) in [7, 11) is 0.